The molecular formula is C21H19F4N5O5S2. The lowest BCUT2D eigenvalue weighted by atomic mass is 10.1. The minimum absolute atomic E-state index is 0.00146. The summed E-state index contributed by atoms with van der Waals surface area (Å²) in [7, 11) is -7.07. The average molecular weight is 562 g/mol. The highest BCUT2D eigenvalue weighted by molar-refractivity contribution is 7.91. The van der Waals surface area contributed by atoms with E-state index in [0.717, 1.165) is 25.5 Å². The van der Waals surface area contributed by atoms with Gasteiger partial charge < -0.3 is 10.1 Å². The van der Waals surface area contributed by atoms with Crippen LogP contribution in [-0.2, 0) is 25.7 Å². The van der Waals surface area contributed by atoms with Crippen molar-refractivity contribution < 1.29 is 39.7 Å². The molecule has 0 radical (unpaired) electrons. The smallest absolute Gasteiger partial charge is 0.432 e. The van der Waals surface area contributed by atoms with E-state index in [1.807, 2.05) is 0 Å². The summed E-state index contributed by atoms with van der Waals surface area (Å²) in [6.45, 7) is 2.19. The Balaban J connectivity index is 2.13. The summed E-state index contributed by atoms with van der Waals surface area (Å²) >= 11 is 0. The molecule has 1 atom stereocenters. The fourth-order valence-electron chi connectivity index (χ4n) is 3.12. The molecule has 0 saturated heterocycles. The number of benzene rings is 1. The van der Waals surface area contributed by atoms with Gasteiger partial charge in [0.25, 0.3) is 17.7 Å². The number of pyridine rings is 1. The Kier molecular flexibility index (Phi) is 7.29. The van der Waals surface area contributed by atoms with Gasteiger partial charge in [-0.1, -0.05) is 6.07 Å². The van der Waals surface area contributed by atoms with Crippen molar-refractivity contribution in [1.29, 1.82) is 4.78 Å². The highest BCUT2D eigenvalue weighted by Crippen LogP contribution is 2.36. The molecule has 0 aliphatic rings. The van der Waals surface area contributed by atoms with Crippen molar-refractivity contribution in [2.75, 3.05) is 17.8 Å². The average Bonchev–Trinajstić information content (AvgIpc) is 2.74. The molecule has 16 heteroatoms. The van der Waals surface area contributed by atoms with Crippen molar-refractivity contribution in [2.24, 2.45) is 0 Å². The van der Waals surface area contributed by atoms with Crippen LogP contribution in [0.4, 0.5) is 23.2 Å². The maximum absolute atomic E-state index is 14.7. The molecule has 0 aliphatic carbocycles. The van der Waals surface area contributed by atoms with Crippen LogP contribution in [0, 0.1) is 24.6 Å². The molecule has 0 fully saturated rings. The third kappa shape index (κ3) is 6.19. The number of amides is 1. The number of nitrogens with zero attached hydrogens (tertiary/aromatic N) is 3. The van der Waals surface area contributed by atoms with E-state index in [4.69, 9.17) is 9.52 Å². The molecule has 0 bridgehead atoms. The summed E-state index contributed by atoms with van der Waals surface area (Å²) in [4.78, 5) is 16.5. The van der Waals surface area contributed by atoms with Gasteiger partial charge in [0.1, 0.15) is 5.56 Å². The number of hydrogen-bond donors (Lipinski definition) is 2. The molecule has 0 spiro atoms. The van der Waals surface area contributed by atoms with Crippen LogP contribution < -0.4 is 10.1 Å². The molecular weight excluding hydrogens is 542 g/mol. The van der Waals surface area contributed by atoms with Crippen LogP contribution in [0.5, 0.6) is 11.6 Å². The van der Waals surface area contributed by atoms with Crippen molar-refractivity contribution in [2.45, 2.75) is 29.9 Å². The second-order valence-corrected chi connectivity index (χ2v) is 12.1. The largest absolute Gasteiger partial charge is 0.435 e. The monoisotopic (exact) mass is 561 g/mol. The minimum Gasteiger partial charge on any atom is -0.432 e. The van der Waals surface area contributed by atoms with E-state index in [9.17, 15) is 35.0 Å². The number of carbonyl (C=O) groups excluding carboxylic acids is 1. The lowest BCUT2D eigenvalue weighted by Gasteiger charge is -2.17. The van der Waals surface area contributed by atoms with E-state index in [1.54, 1.807) is 0 Å². The first kappa shape index (κ1) is 27.9. The van der Waals surface area contributed by atoms with Gasteiger partial charge in [0.05, 0.1) is 9.73 Å². The lowest BCUT2D eigenvalue weighted by molar-refractivity contribution is -0.142. The summed E-state index contributed by atoms with van der Waals surface area (Å²) in [6, 6.07) is 6.29. The normalized spacial score (nSPS) is 13.6. The Morgan fingerprint density at radius 3 is 2.27 bits per heavy atom. The topological polar surface area (TPSA) is 152 Å². The van der Waals surface area contributed by atoms with Gasteiger partial charge in [-0.3, -0.25) is 4.79 Å². The summed E-state index contributed by atoms with van der Waals surface area (Å²) in [5.41, 5.74) is -3.03. The predicted octanol–water partition coefficient (Wildman–Crippen LogP) is 4.13. The Bertz CT molecular complexity index is 1600. The number of anilines is 1. The molecule has 10 nitrogen and oxygen atoms in total. The Hall–Kier alpha value is -3.66. The first-order valence-corrected chi connectivity index (χ1v) is 13.9. The molecule has 1 aromatic carbocycles. The molecule has 0 saturated carbocycles. The van der Waals surface area contributed by atoms with E-state index >= 15 is 0 Å². The maximum atomic E-state index is 14.7. The zero-order valence-corrected chi connectivity index (χ0v) is 21.2. The van der Waals surface area contributed by atoms with Crippen LogP contribution in [0.1, 0.15) is 27.2 Å². The number of sulfone groups is 1. The van der Waals surface area contributed by atoms with E-state index in [1.165, 1.54) is 31.2 Å². The highest BCUT2D eigenvalue weighted by Gasteiger charge is 2.38. The van der Waals surface area contributed by atoms with Gasteiger partial charge in [0.2, 0.25) is 0 Å². The van der Waals surface area contributed by atoms with E-state index in [-0.39, 0.29) is 16.1 Å². The molecule has 1 amide bonds. The molecule has 2 heterocycles. The van der Waals surface area contributed by atoms with Crippen LogP contribution in [-0.4, -0.2) is 46.2 Å². The number of aromatic nitrogens is 3. The van der Waals surface area contributed by atoms with E-state index < -0.39 is 71.1 Å². The number of alkyl halides is 3. The first-order chi connectivity index (χ1) is 16.9. The zero-order chi connectivity index (χ0) is 27.9. The number of ether oxygens (including phenoxy) is 1. The van der Waals surface area contributed by atoms with Crippen molar-refractivity contribution >= 4 is 31.2 Å². The Morgan fingerprint density at radius 2 is 1.73 bits per heavy atom. The van der Waals surface area contributed by atoms with Crippen molar-refractivity contribution in [3.8, 4) is 11.6 Å². The van der Waals surface area contributed by atoms with Gasteiger partial charge in [-0.2, -0.15) is 17.6 Å². The van der Waals surface area contributed by atoms with E-state index in [2.05, 4.69) is 20.5 Å². The predicted molar refractivity (Wildman–Crippen MR) is 123 cm³/mol. The maximum Gasteiger partial charge on any atom is 0.435 e. The number of nitrogens with one attached hydrogen (secondary N) is 2. The van der Waals surface area contributed by atoms with Crippen molar-refractivity contribution in [3.63, 3.8) is 0 Å². The zero-order valence-electron chi connectivity index (χ0n) is 19.6. The summed E-state index contributed by atoms with van der Waals surface area (Å²) in [6.07, 6.45) is -3.05. The fourth-order valence-corrected chi connectivity index (χ4v) is 4.45. The quantitative estimate of drug-likeness (QED) is 0.337. The van der Waals surface area contributed by atoms with Crippen LogP contribution in [0.15, 0.2) is 40.3 Å². The third-order valence-electron chi connectivity index (χ3n) is 4.89. The van der Waals surface area contributed by atoms with Gasteiger partial charge >= 0.3 is 6.18 Å². The van der Waals surface area contributed by atoms with Crippen LogP contribution in [0.2, 0.25) is 0 Å². The lowest BCUT2D eigenvalue weighted by Crippen LogP contribution is -2.21. The number of halogens is 4. The number of hydrogen-bond acceptors (Lipinski definition) is 9. The van der Waals surface area contributed by atoms with Crippen LogP contribution in [0.3, 0.4) is 0 Å². The first-order valence-electron chi connectivity index (χ1n) is 10.0. The van der Waals surface area contributed by atoms with Crippen LogP contribution in [0.25, 0.3) is 0 Å². The van der Waals surface area contributed by atoms with Gasteiger partial charge in [-0.05, 0) is 49.2 Å². The van der Waals surface area contributed by atoms with Gasteiger partial charge in [0.15, 0.2) is 26.3 Å². The molecule has 3 aromatic rings. The third-order valence-corrected chi connectivity index (χ3v) is 7.02. The summed E-state index contributed by atoms with van der Waals surface area (Å²) in [5.74, 6) is -4.06. The van der Waals surface area contributed by atoms with Crippen LogP contribution >= 0.6 is 0 Å². The number of aryl methyl sites for hydroxylation is 1. The number of rotatable bonds is 6. The fraction of sp³-hybridized carbons (Fsp3) is 0.238. The second-order valence-electron chi connectivity index (χ2n) is 7.95. The van der Waals surface area contributed by atoms with Gasteiger partial charge in [-0.15, -0.1) is 10.2 Å². The van der Waals surface area contributed by atoms with Gasteiger partial charge in [0, 0.05) is 23.1 Å². The Labute approximate surface area is 209 Å². The summed E-state index contributed by atoms with van der Waals surface area (Å²) in [5, 5.41) is 8.13. The second kappa shape index (κ2) is 9.66. The molecule has 0 aliphatic heterocycles. The molecule has 3 rings (SSSR count). The number of carbonyl (C=O) groups is 1. The standard InChI is InChI=1S/C21H19F4N5O5S2/c1-10-8-14(37(4,33)34)28-18(22)16(10)35-20-15(11(2)17(29-30-20)21(23,24)25)19(31)27-12-6-5-7-13(9-12)36(3,26)32/h5-9,26H,1-4H3,(H,27,31). The molecule has 1 unspecified atom stereocenters. The molecule has 2 N–H and O–H groups in total. The molecule has 198 valence electrons. The Morgan fingerprint density at radius 1 is 1.08 bits per heavy atom. The highest BCUT2D eigenvalue weighted by atomic mass is 32.2. The van der Waals surface area contributed by atoms with E-state index in [0.29, 0.717) is 0 Å². The minimum atomic E-state index is -5.00. The molecule has 2 aromatic heterocycles. The summed E-state index contributed by atoms with van der Waals surface area (Å²) < 4.78 is 104. The van der Waals surface area contributed by atoms with Crippen molar-refractivity contribution in [3.05, 3.63) is 58.7 Å². The van der Waals surface area contributed by atoms with Gasteiger partial charge in [-0.25, -0.2) is 22.4 Å². The molecule has 37 heavy (non-hydrogen) atoms. The SMILES string of the molecule is Cc1cc(S(C)(=O)=O)nc(F)c1Oc1nnc(C(F)(F)F)c(C)c1C(=O)Nc1cccc(S(C)(=N)=O)c1. The van der Waals surface area contributed by atoms with Crippen molar-refractivity contribution in [1.82, 2.24) is 15.2 Å².